The van der Waals surface area contributed by atoms with E-state index in [0.717, 1.165) is 0 Å². The fraction of sp³-hybridized carbons (Fsp3) is 0.846. The molecule has 0 bridgehead atoms. The molecule has 5 nitrogen and oxygen atoms in total. The number of carbonyl (C=O) groups excluding carboxylic acids is 2. The van der Waals surface area contributed by atoms with Crippen molar-refractivity contribution < 1.29 is 23.5 Å². The van der Waals surface area contributed by atoms with Crippen LogP contribution in [0.5, 0.6) is 0 Å². The lowest BCUT2D eigenvalue weighted by molar-refractivity contribution is -0.148. The van der Waals surface area contributed by atoms with Crippen LogP contribution >= 0.6 is 0 Å². The Morgan fingerprint density at radius 1 is 1.32 bits per heavy atom. The molecule has 6 heteroatoms. The van der Waals surface area contributed by atoms with Crippen LogP contribution in [0.1, 0.15) is 40.5 Å². The second kappa shape index (κ2) is 6.21. The van der Waals surface area contributed by atoms with Crippen LogP contribution in [0.25, 0.3) is 0 Å². The van der Waals surface area contributed by atoms with E-state index >= 15 is 0 Å². The lowest BCUT2D eigenvalue weighted by Crippen LogP contribution is -2.47. The second-order valence-corrected chi connectivity index (χ2v) is 5.62. The topological polar surface area (TPSA) is 64.6 Å². The van der Waals surface area contributed by atoms with Gasteiger partial charge in [0.25, 0.3) is 0 Å². The van der Waals surface area contributed by atoms with Gasteiger partial charge < -0.3 is 14.8 Å². The van der Waals surface area contributed by atoms with Gasteiger partial charge >= 0.3 is 12.1 Å². The van der Waals surface area contributed by atoms with Crippen LogP contribution in [0, 0.1) is 5.92 Å². The summed E-state index contributed by atoms with van der Waals surface area (Å²) in [6.07, 6.45) is -1.34. The Morgan fingerprint density at radius 2 is 1.95 bits per heavy atom. The van der Waals surface area contributed by atoms with Crippen LogP contribution in [-0.2, 0) is 14.3 Å². The summed E-state index contributed by atoms with van der Waals surface area (Å²) in [6, 6.07) is -0.867. The minimum absolute atomic E-state index is 0.240. The summed E-state index contributed by atoms with van der Waals surface area (Å²) < 4.78 is 23.7. The zero-order chi connectivity index (χ0) is 14.6. The van der Waals surface area contributed by atoms with E-state index in [1.165, 1.54) is 0 Å². The first-order chi connectivity index (χ1) is 8.74. The quantitative estimate of drug-likeness (QED) is 0.802. The van der Waals surface area contributed by atoms with Crippen molar-refractivity contribution in [2.75, 3.05) is 6.61 Å². The maximum Gasteiger partial charge on any atom is 0.407 e. The molecule has 1 amide bonds. The van der Waals surface area contributed by atoms with E-state index in [2.05, 4.69) is 5.32 Å². The minimum atomic E-state index is -1.25. The average Bonchev–Trinajstić information content (AvgIpc) is 2.58. The molecule has 1 aliphatic carbocycles. The summed E-state index contributed by atoms with van der Waals surface area (Å²) in [4.78, 5) is 23.3. The molecule has 0 aromatic rings. The molecule has 0 spiro atoms. The Morgan fingerprint density at radius 3 is 2.47 bits per heavy atom. The Balaban J connectivity index is 2.62. The molecule has 0 heterocycles. The summed E-state index contributed by atoms with van der Waals surface area (Å²) in [5.74, 6) is -1.11. The Kier molecular flexibility index (Phi) is 5.14. The van der Waals surface area contributed by atoms with E-state index in [0.29, 0.717) is 6.42 Å². The van der Waals surface area contributed by atoms with Crippen LogP contribution in [0.15, 0.2) is 0 Å². The first-order valence-corrected chi connectivity index (χ1v) is 6.55. The largest absolute Gasteiger partial charge is 0.466 e. The van der Waals surface area contributed by atoms with Crippen LogP contribution in [-0.4, -0.2) is 36.5 Å². The van der Waals surface area contributed by atoms with Crippen molar-refractivity contribution >= 4 is 12.1 Å². The van der Waals surface area contributed by atoms with Crippen LogP contribution in [0.4, 0.5) is 9.18 Å². The lowest BCUT2D eigenvalue weighted by atomic mass is 10.0. The molecular formula is C13H22FNO4. The third-order valence-corrected chi connectivity index (χ3v) is 2.85. The number of rotatable bonds is 3. The summed E-state index contributed by atoms with van der Waals surface area (Å²) >= 11 is 0. The Hall–Kier alpha value is -1.33. The molecule has 0 aromatic heterocycles. The van der Waals surface area contributed by atoms with Crippen LogP contribution in [0.2, 0.25) is 0 Å². The number of ether oxygens (including phenoxy) is 2. The third kappa shape index (κ3) is 4.69. The van der Waals surface area contributed by atoms with Gasteiger partial charge in [-0.1, -0.05) is 0 Å². The molecule has 0 radical (unpaired) electrons. The van der Waals surface area contributed by atoms with Gasteiger partial charge in [0.05, 0.1) is 18.6 Å². The number of alkyl halides is 1. The molecule has 0 aliphatic heterocycles. The van der Waals surface area contributed by atoms with Crippen molar-refractivity contribution in [2.24, 2.45) is 5.92 Å². The smallest absolute Gasteiger partial charge is 0.407 e. The normalized spacial score (nSPS) is 26.9. The third-order valence-electron chi connectivity index (χ3n) is 2.85. The fourth-order valence-corrected chi connectivity index (χ4v) is 2.10. The first kappa shape index (κ1) is 15.7. The molecule has 1 fully saturated rings. The maximum atomic E-state index is 13.8. The van der Waals surface area contributed by atoms with Gasteiger partial charge in [-0.15, -0.1) is 0 Å². The predicted molar refractivity (Wildman–Crippen MR) is 67.4 cm³/mol. The molecule has 1 rings (SSSR count). The number of nitrogens with one attached hydrogen (secondary N) is 1. The molecule has 110 valence electrons. The average molecular weight is 275 g/mol. The van der Waals surface area contributed by atoms with Gasteiger partial charge in [0, 0.05) is 0 Å². The molecule has 19 heavy (non-hydrogen) atoms. The second-order valence-electron chi connectivity index (χ2n) is 5.62. The van der Waals surface area contributed by atoms with E-state index in [9.17, 15) is 14.0 Å². The number of hydrogen-bond acceptors (Lipinski definition) is 4. The summed E-state index contributed by atoms with van der Waals surface area (Å²) in [6.45, 7) is 7.09. The SMILES string of the molecule is CCOC(=O)[C@H]1CC[C@H](F)[C@H]1NC(=O)OC(C)(C)C. The number of amides is 1. The summed E-state index contributed by atoms with van der Waals surface area (Å²) in [5.41, 5.74) is -0.659. The van der Waals surface area contributed by atoms with Crippen molar-refractivity contribution in [3.63, 3.8) is 0 Å². The van der Waals surface area contributed by atoms with E-state index in [4.69, 9.17) is 9.47 Å². The van der Waals surface area contributed by atoms with E-state index in [1.54, 1.807) is 27.7 Å². The Bertz CT molecular complexity index is 340. The number of halogens is 1. The monoisotopic (exact) mass is 275 g/mol. The number of esters is 1. The van der Waals surface area contributed by atoms with Gasteiger partial charge in [-0.3, -0.25) is 4.79 Å². The summed E-state index contributed by atoms with van der Waals surface area (Å²) in [5, 5.41) is 2.44. The first-order valence-electron chi connectivity index (χ1n) is 6.55. The molecule has 1 N–H and O–H groups in total. The molecule has 1 aliphatic rings. The highest BCUT2D eigenvalue weighted by Gasteiger charge is 2.43. The van der Waals surface area contributed by atoms with Gasteiger partial charge in [0.1, 0.15) is 11.8 Å². The predicted octanol–water partition coefficient (Wildman–Crippen LogP) is 2.19. The van der Waals surface area contributed by atoms with Crippen LogP contribution in [0.3, 0.4) is 0 Å². The highest BCUT2D eigenvalue weighted by atomic mass is 19.1. The molecule has 0 saturated heterocycles. The van der Waals surface area contributed by atoms with Crippen molar-refractivity contribution in [3.05, 3.63) is 0 Å². The maximum absolute atomic E-state index is 13.8. The zero-order valence-corrected chi connectivity index (χ0v) is 11.9. The lowest BCUT2D eigenvalue weighted by Gasteiger charge is -2.24. The van der Waals surface area contributed by atoms with Gasteiger partial charge in [-0.05, 0) is 40.5 Å². The van der Waals surface area contributed by atoms with Crippen LogP contribution < -0.4 is 5.32 Å². The molecule has 1 saturated carbocycles. The van der Waals surface area contributed by atoms with Gasteiger partial charge in [0.15, 0.2) is 0 Å². The van der Waals surface area contributed by atoms with Crippen molar-refractivity contribution in [2.45, 2.75) is 58.4 Å². The van der Waals surface area contributed by atoms with Gasteiger partial charge in [0.2, 0.25) is 0 Å². The number of carbonyl (C=O) groups is 2. The van der Waals surface area contributed by atoms with E-state index < -0.39 is 35.8 Å². The Labute approximate surface area is 112 Å². The highest BCUT2D eigenvalue weighted by molar-refractivity contribution is 5.76. The van der Waals surface area contributed by atoms with Gasteiger partial charge in [-0.2, -0.15) is 0 Å². The van der Waals surface area contributed by atoms with Crippen molar-refractivity contribution in [3.8, 4) is 0 Å². The minimum Gasteiger partial charge on any atom is -0.466 e. The fourth-order valence-electron chi connectivity index (χ4n) is 2.10. The zero-order valence-electron chi connectivity index (χ0n) is 11.9. The van der Waals surface area contributed by atoms with Crippen molar-refractivity contribution in [1.82, 2.24) is 5.32 Å². The molecular weight excluding hydrogens is 253 g/mol. The molecule has 0 unspecified atom stereocenters. The number of hydrogen-bond donors (Lipinski definition) is 1. The molecule has 3 atom stereocenters. The van der Waals surface area contributed by atoms with Crippen molar-refractivity contribution in [1.29, 1.82) is 0 Å². The van der Waals surface area contributed by atoms with E-state index in [-0.39, 0.29) is 13.0 Å². The van der Waals surface area contributed by atoms with E-state index in [1.807, 2.05) is 0 Å². The number of alkyl carbamates (subject to hydrolysis) is 1. The van der Waals surface area contributed by atoms with Gasteiger partial charge in [-0.25, -0.2) is 9.18 Å². The highest BCUT2D eigenvalue weighted by Crippen LogP contribution is 2.30. The summed E-state index contributed by atoms with van der Waals surface area (Å²) in [7, 11) is 0. The molecule has 0 aromatic carbocycles. The standard InChI is InChI=1S/C13H22FNO4/c1-5-18-11(16)8-6-7-9(14)10(8)15-12(17)19-13(2,3)4/h8-10H,5-7H2,1-4H3,(H,15,17)/t8-,9-,10-/m0/s1.